The maximum Gasteiger partial charge on any atom is 0.134 e. The Bertz CT molecular complexity index is 126. The quantitative estimate of drug-likeness (QED) is 0.376. The second kappa shape index (κ2) is 6.34. The lowest BCUT2D eigenvalue weighted by atomic mass is 10.3. The van der Waals surface area contributed by atoms with Gasteiger partial charge in [-0.3, -0.25) is 4.90 Å². The SMILES string of the molecule is S=[C]NCCCN1CCOCC1. The van der Waals surface area contributed by atoms with Gasteiger partial charge in [0.15, 0.2) is 0 Å². The minimum Gasteiger partial charge on any atom is -0.379 e. The van der Waals surface area contributed by atoms with E-state index in [1.54, 1.807) is 0 Å². The Morgan fingerprint density at radius 3 is 2.83 bits per heavy atom. The average molecular weight is 187 g/mol. The van der Waals surface area contributed by atoms with E-state index in [0.29, 0.717) is 0 Å². The predicted octanol–water partition coefficient (Wildman–Crippen LogP) is 0.132. The monoisotopic (exact) mass is 187 g/mol. The number of morpholine rings is 1. The average Bonchev–Trinajstić information content (AvgIpc) is 2.14. The molecule has 0 saturated carbocycles. The van der Waals surface area contributed by atoms with Crippen LogP contribution in [-0.2, 0) is 4.74 Å². The summed E-state index contributed by atoms with van der Waals surface area (Å²) >= 11 is 4.53. The normalized spacial score (nSPS) is 19.0. The highest BCUT2D eigenvalue weighted by molar-refractivity contribution is 7.78. The highest BCUT2D eigenvalue weighted by atomic mass is 32.1. The van der Waals surface area contributed by atoms with Gasteiger partial charge in [0.2, 0.25) is 0 Å². The second-order valence-electron chi connectivity index (χ2n) is 2.84. The van der Waals surface area contributed by atoms with Crippen LogP contribution in [0.4, 0.5) is 0 Å². The molecule has 1 heterocycles. The molecule has 1 radical (unpaired) electrons. The third-order valence-corrected chi connectivity index (χ3v) is 2.10. The van der Waals surface area contributed by atoms with Crippen molar-refractivity contribution in [2.75, 3.05) is 39.4 Å². The highest BCUT2D eigenvalue weighted by Crippen LogP contribution is 1.96. The zero-order chi connectivity index (χ0) is 8.65. The summed E-state index contributed by atoms with van der Waals surface area (Å²) < 4.78 is 5.24. The lowest BCUT2D eigenvalue weighted by molar-refractivity contribution is 0.0376. The summed E-state index contributed by atoms with van der Waals surface area (Å²) in [5, 5.41) is 2.89. The van der Waals surface area contributed by atoms with Crippen LogP contribution in [0.2, 0.25) is 0 Å². The predicted molar refractivity (Wildman–Crippen MR) is 52.5 cm³/mol. The smallest absolute Gasteiger partial charge is 0.134 e. The number of rotatable bonds is 5. The van der Waals surface area contributed by atoms with E-state index in [1.807, 2.05) is 0 Å². The van der Waals surface area contributed by atoms with E-state index < -0.39 is 0 Å². The first-order chi connectivity index (χ1) is 5.93. The van der Waals surface area contributed by atoms with Gasteiger partial charge in [-0.2, -0.15) is 0 Å². The summed E-state index contributed by atoms with van der Waals surface area (Å²) in [6.45, 7) is 5.97. The lowest BCUT2D eigenvalue weighted by Gasteiger charge is -2.26. The Morgan fingerprint density at radius 2 is 2.17 bits per heavy atom. The van der Waals surface area contributed by atoms with E-state index in [1.165, 1.54) is 0 Å². The van der Waals surface area contributed by atoms with Crippen molar-refractivity contribution in [2.45, 2.75) is 6.42 Å². The number of hydrogen-bond donors (Lipinski definition) is 1. The van der Waals surface area contributed by atoms with E-state index in [2.05, 4.69) is 27.9 Å². The van der Waals surface area contributed by atoms with Crippen LogP contribution in [0.3, 0.4) is 0 Å². The van der Waals surface area contributed by atoms with Gasteiger partial charge in [0.25, 0.3) is 0 Å². The molecule has 0 aromatic rings. The number of thiocarbonyl (C=S) groups is 1. The molecule has 4 heteroatoms. The first kappa shape index (κ1) is 9.89. The molecule has 0 aliphatic carbocycles. The molecule has 0 spiro atoms. The third-order valence-electron chi connectivity index (χ3n) is 1.95. The topological polar surface area (TPSA) is 24.5 Å². The summed E-state index contributed by atoms with van der Waals surface area (Å²) in [6, 6.07) is 0. The van der Waals surface area contributed by atoms with Gasteiger partial charge in [0.1, 0.15) is 5.49 Å². The van der Waals surface area contributed by atoms with E-state index in [0.717, 1.165) is 45.8 Å². The molecule has 1 aliphatic heterocycles. The van der Waals surface area contributed by atoms with Gasteiger partial charge in [-0.05, 0) is 13.0 Å². The van der Waals surface area contributed by atoms with Crippen molar-refractivity contribution in [2.24, 2.45) is 0 Å². The zero-order valence-corrected chi connectivity index (χ0v) is 8.03. The lowest BCUT2D eigenvalue weighted by Crippen LogP contribution is -2.37. The van der Waals surface area contributed by atoms with Crippen LogP contribution in [-0.4, -0.2) is 49.8 Å². The van der Waals surface area contributed by atoms with Gasteiger partial charge in [-0.15, -0.1) is 0 Å². The molecular formula is C8H15N2OS. The van der Waals surface area contributed by atoms with E-state index in [4.69, 9.17) is 4.74 Å². The van der Waals surface area contributed by atoms with Crippen molar-refractivity contribution >= 4 is 17.7 Å². The molecule has 0 atom stereocenters. The Labute approximate surface area is 79.1 Å². The number of nitrogens with one attached hydrogen (secondary N) is 1. The van der Waals surface area contributed by atoms with E-state index >= 15 is 0 Å². The van der Waals surface area contributed by atoms with Crippen molar-refractivity contribution in [3.05, 3.63) is 0 Å². The fourth-order valence-corrected chi connectivity index (χ4v) is 1.37. The fourth-order valence-electron chi connectivity index (χ4n) is 1.27. The van der Waals surface area contributed by atoms with Crippen molar-refractivity contribution < 1.29 is 4.74 Å². The summed E-state index contributed by atoms with van der Waals surface area (Å²) in [7, 11) is 0. The first-order valence-electron chi connectivity index (χ1n) is 4.33. The third kappa shape index (κ3) is 3.99. The molecule has 69 valence electrons. The summed E-state index contributed by atoms with van der Waals surface area (Å²) in [6.07, 6.45) is 1.13. The largest absolute Gasteiger partial charge is 0.379 e. The van der Waals surface area contributed by atoms with Crippen LogP contribution in [0, 0.1) is 0 Å². The Morgan fingerprint density at radius 1 is 1.42 bits per heavy atom. The van der Waals surface area contributed by atoms with Gasteiger partial charge in [0.05, 0.1) is 13.2 Å². The van der Waals surface area contributed by atoms with Crippen LogP contribution >= 0.6 is 12.2 Å². The van der Waals surface area contributed by atoms with Gasteiger partial charge >= 0.3 is 0 Å². The molecule has 1 aliphatic rings. The number of nitrogens with zero attached hydrogens (tertiary/aromatic N) is 1. The molecule has 0 unspecified atom stereocenters. The standard InChI is InChI=1S/C8H15N2OS/c12-8-9-2-1-3-10-4-6-11-7-5-10/h1-7H2,(H,9,12). The fraction of sp³-hybridized carbons (Fsp3) is 0.875. The molecule has 1 saturated heterocycles. The van der Waals surface area contributed by atoms with Crippen molar-refractivity contribution in [1.82, 2.24) is 10.2 Å². The summed E-state index contributed by atoms with van der Waals surface area (Å²) in [5.41, 5.74) is 2.50. The van der Waals surface area contributed by atoms with Gasteiger partial charge in [-0.25, -0.2) is 0 Å². The van der Waals surface area contributed by atoms with E-state index in [9.17, 15) is 0 Å². The van der Waals surface area contributed by atoms with Gasteiger partial charge < -0.3 is 10.1 Å². The number of hydrogen-bond acceptors (Lipinski definition) is 3. The molecule has 0 aromatic heterocycles. The molecule has 12 heavy (non-hydrogen) atoms. The summed E-state index contributed by atoms with van der Waals surface area (Å²) in [4.78, 5) is 2.41. The van der Waals surface area contributed by atoms with Crippen molar-refractivity contribution in [1.29, 1.82) is 0 Å². The van der Waals surface area contributed by atoms with Crippen LogP contribution in [0.25, 0.3) is 0 Å². The van der Waals surface area contributed by atoms with Crippen LogP contribution in [0.5, 0.6) is 0 Å². The first-order valence-corrected chi connectivity index (χ1v) is 4.74. The van der Waals surface area contributed by atoms with Crippen molar-refractivity contribution in [3.63, 3.8) is 0 Å². The minimum atomic E-state index is 0.882. The van der Waals surface area contributed by atoms with Gasteiger partial charge in [-0.1, -0.05) is 12.2 Å². The molecule has 0 aromatic carbocycles. The molecule has 1 fully saturated rings. The molecule has 3 nitrogen and oxygen atoms in total. The minimum absolute atomic E-state index is 0.882. The van der Waals surface area contributed by atoms with E-state index in [-0.39, 0.29) is 0 Å². The molecule has 1 N–H and O–H groups in total. The second-order valence-corrected chi connectivity index (χ2v) is 3.04. The maximum atomic E-state index is 5.24. The molecular weight excluding hydrogens is 172 g/mol. The van der Waals surface area contributed by atoms with Crippen molar-refractivity contribution in [3.8, 4) is 0 Å². The van der Waals surface area contributed by atoms with Gasteiger partial charge in [0, 0.05) is 19.6 Å². The maximum absolute atomic E-state index is 5.24. The number of ether oxygens (including phenoxy) is 1. The Kier molecular flexibility index (Phi) is 5.23. The Balaban J connectivity index is 1.94. The Hall–Kier alpha value is -0.190. The zero-order valence-electron chi connectivity index (χ0n) is 7.21. The molecule has 0 amide bonds. The molecule has 1 rings (SSSR count). The summed E-state index contributed by atoms with van der Waals surface area (Å²) in [5.74, 6) is 0. The van der Waals surface area contributed by atoms with Crippen LogP contribution in [0.1, 0.15) is 6.42 Å². The van der Waals surface area contributed by atoms with Crippen LogP contribution in [0.15, 0.2) is 0 Å². The van der Waals surface area contributed by atoms with Crippen LogP contribution < -0.4 is 5.32 Å². The highest BCUT2D eigenvalue weighted by Gasteiger charge is 2.08. The molecule has 0 bridgehead atoms.